The Hall–Kier alpha value is -0.620. The molecule has 0 spiro atoms. The molecule has 0 aliphatic rings. The lowest BCUT2D eigenvalue weighted by molar-refractivity contribution is 0.214. The van der Waals surface area contributed by atoms with E-state index in [1.165, 1.54) is 32.1 Å². The van der Waals surface area contributed by atoms with Gasteiger partial charge in [0.15, 0.2) is 0 Å². The molecular weight excluding hydrogens is 234 g/mol. The van der Waals surface area contributed by atoms with E-state index in [0.717, 1.165) is 25.7 Å². The summed E-state index contributed by atoms with van der Waals surface area (Å²) < 4.78 is 0. The standard InChI is InChI=1S/C17H33NO/c1-6-8-10-11-12-16(3,4)14-17(5,18-15-19)13-9-7-2/h6-14H2,1-5H3/t17-/m1/s1. The van der Waals surface area contributed by atoms with E-state index >= 15 is 0 Å². The predicted octanol–water partition coefficient (Wildman–Crippen LogP) is 5.66. The molecule has 2 heteroatoms. The lowest BCUT2D eigenvalue weighted by atomic mass is 9.74. The highest BCUT2D eigenvalue weighted by Crippen LogP contribution is 2.37. The highest BCUT2D eigenvalue weighted by Gasteiger charge is 2.31. The van der Waals surface area contributed by atoms with E-state index in [1.54, 1.807) is 6.08 Å². The third-order valence-corrected chi connectivity index (χ3v) is 3.95. The lowest BCUT2D eigenvalue weighted by Gasteiger charge is -2.34. The van der Waals surface area contributed by atoms with Crippen molar-refractivity contribution >= 4 is 6.08 Å². The Morgan fingerprint density at radius 2 is 1.53 bits per heavy atom. The summed E-state index contributed by atoms with van der Waals surface area (Å²) in [5, 5.41) is 0. The Kier molecular flexibility index (Phi) is 9.01. The van der Waals surface area contributed by atoms with Crippen LogP contribution in [0.25, 0.3) is 0 Å². The Balaban J connectivity index is 4.41. The number of aliphatic imine (C=N–C) groups is 1. The summed E-state index contributed by atoms with van der Waals surface area (Å²) in [6.45, 7) is 11.2. The number of unbranched alkanes of at least 4 members (excludes halogenated alkanes) is 4. The molecule has 19 heavy (non-hydrogen) atoms. The Morgan fingerprint density at radius 1 is 0.895 bits per heavy atom. The van der Waals surface area contributed by atoms with Gasteiger partial charge in [-0.25, -0.2) is 4.79 Å². The third kappa shape index (κ3) is 8.99. The van der Waals surface area contributed by atoms with Crippen LogP contribution in [0, 0.1) is 5.41 Å². The summed E-state index contributed by atoms with van der Waals surface area (Å²) in [6.07, 6.45) is 12.5. The fourth-order valence-corrected chi connectivity index (χ4v) is 3.00. The second-order valence-corrected chi connectivity index (χ2v) is 6.96. The molecule has 0 rings (SSSR count). The predicted molar refractivity (Wildman–Crippen MR) is 83.2 cm³/mol. The quantitative estimate of drug-likeness (QED) is 0.270. The van der Waals surface area contributed by atoms with Crippen molar-refractivity contribution in [3.63, 3.8) is 0 Å². The fraction of sp³-hybridized carbons (Fsp3) is 0.941. The number of carbonyl (C=O) groups excluding carboxylic acids is 1. The van der Waals surface area contributed by atoms with Crippen molar-refractivity contribution in [3.05, 3.63) is 0 Å². The van der Waals surface area contributed by atoms with Gasteiger partial charge in [0.05, 0.1) is 5.54 Å². The van der Waals surface area contributed by atoms with Gasteiger partial charge in [-0.3, -0.25) is 0 Å². The largest absolute Gasteiger partial charge is 0.235 e. The topological polar surface area (TPSA) is 29.4 Å². The summed E-state index contributed by atoms with van der Waals surface area (Å²) in [6, 6.07) is 0. The van der Waals surface area contributed by atoms with Crippen molar-refractivity contribution < 1.29 is 4.79 Å². The minimum absolute atomic E-state index is 0.216. The molecule has 0 amide bonds. The van der Waals surface area contributed by atoms with Crippen molar-refractivity contribution in [1.29, 1.82) is 0 Å². The molecule has 0 heterocycles. The SMILES string of the molecule is CCCCCCC(C)(C)C[C@@](C)(CCCC)N=C=O. The van der Waals surface area contributed by atoms with Gasteiger partial charge in [0.1, 0.15) is 0 Å². The second kappa shape index (κ2) is 9.31. The zero-order valence-corrected chi connectivity index (χ0v) is 13.7. The summed E-state index contributed by atoms with van der Waals surface area (Å²) in [5.74, 6) is 0. The maximum Gasteiger partial charge on any atom is 0.235 e. The van der Waals surface area contributed by atoms with Crippen molar-refractivity contribution in [1.82, 2.24) is 0 Å². The molecule has 0 radical (unpaired) electrons. The van der Waals surface area contributed by atoms with Crippen LogP contribution in [0.2, 0.25) is 0 Å². The number of isocyanates is 1. The molecule has 112 valence electrons. The molecule has 0 N–H and O–H groups in total. The van der Waals surface area contributed by atoms with Crippen molar-refractivity contribution in [3.8, 4) is 0 Å². The summed E-state index contributed by atoms with van der Waals surface area (Å²) in [7, 11) is 0. The van der Waals surface area contributed by atoms with Crippen LogP contribution in [0.5, 0.6) is 0 Å². The Bertz CT molecular complexity index is 279. The average Bonchev–Trinajstić information content (AvgIpc) is 2.32. The van der Waals surface area contributed by atoms with Crippen molar-refractivity contribution in [2.45, 2.75) is 97.9 Å². The van der Waals surface area contributed by atoms with Crippen LogP contribution >= 0.6 is 0 Å². The molecule has 1 atom stereocenters. The lowest BCUT2D eigenvalue weighted by Crippen LogP contribution is -2.30. The molecule has 0 saturated heterocycles. The number of rotatable bonds is 11. The molecule has 0 unspecified atom stereocenters. The molecule has 0 aromatic heterocycles. The van der Waals surface area contributed by atoms with Crippen molar-refractivity contribution in [2.24, 2.45) is 10.4 Å². The van der Waals surface area contributed by atoms with Crippen LogP contribution in [-0.2, 0) is 4.79 Å². The summed E-state index contributed by atoms with van der Waals surface area (Å²) in [5.41, 5.74) is 0.0442. The van der Waals surface area contributed by atoms with E-state index in [9.17, 15) is 4.79 Å². The van der Waals surface area contributed by atoms with Gasteiger partial charge in [0.25, 0.3) is 0 Å². The molecule has 0 aromatic carbocycles. The van der Waals surface area contributed by atoms with Gasteiger partial charge in [-0.15, -0.1) is 0 Å². The maximum absolute atomic E-state index is 10.7. The first kappa shape index (κ1) is 18.4. The van der Waals surface area contributed by atoms with Gasteiger partial charge in [-0.05, 0) is 31.6 Å². The van der Waals surface area contributed by atoms with E-state index in [-0.39, 0.29) is 11.0 Å². The van der Waals surface area contributed by atoms with Crippen molar-refractivity contribution in [2.75, 3.05) is 0 Å². The maximum atomic E-state index is 10.7. The van der Waals surface area contributed by atoms with Gasteiger partial charge in [-0.2, -0.15) is 4.99 Å². The minimum Gasteiger partial charge on any atom is -0.211 e. The second-order valence-electron chi connectivity index (χ2n) is 6.96. The first-order chi connectivity index (χ1) is 8.89. The smallest absolute Gasteiger partial charge is 0.211 e. The Labute approximate surface area is 120 Å². The van der Waals surface area contributed by atoms with E-state index in [4.69, 9.17) is 0 Å². The molecule has 0 aliphatic carbocycles. The highest BCUT2D eigenvalue weighted by atomic mass is 16.1. The first-order valence-electron chi connectivity index (χ1n) is 7.98. The van der Waals surface area contributed by atoms with Gasteiger partial charge in [0, 0.05) is 0 Å². The van der Waals surface area contributed by atoms with E-state index < -0.39 is 0 Å². The van der Waals surface area contributed by atoms with Crippen LogP contribution < -0.4 is 0 Å². The number of hydrogen-bond donors (Lipinski definition) is 0. The van der Waals surface area contributed by atoms with E-state index in [1.807, 2.05) is 0 Å². The van der Waals surface area contributed by atoms with Gasteiger partial charge in [-0.1, -0.05) is 66.2 Å². The molecule has 0 bridgehead atoms. The van der Waals surface area contributed by atoms with E-state index in [2.05, 4.69) is 39.6 Å². The molecule has 0 saturated carbocycles. The van der Waals surface area contributed by atoms with Crippen LogP contribution in [0.4, 0.5) is 0 Å². The van der Waals surface area contributed by atoms with E-state index in [0.29, 0.717) is 0 Å². The highest BCUT2D eigenvalue weighted by molar-refractivity contribution is 5.34. The van der Waals surface area contributed by atoms with Gasteiger partial charge < -0.3 is 0 Å². The monoisotopic (exact) mass is 267 g/mol. The van der Waals surface area contributed by atoms with Crippen LogP contribution in [0.3, 0.4) is 0 Å². The summed E-state index contributed by atoms with van der Waals surface area (Å²) >= 11 is 0. The minimum atomic E-state index is -0.216. The molecule has 0 aromatic rings. The zero-order valence-electron chi connectivity index (χ0n) is 13.7. The van der Waals surface area contributed by atoms with Crippen LogP contribution in [0.15, 0.2) is 4.99 Å². The molecule has 2 nitrogen and oxygen atoms in total. The summed E-state index contributed by atoms with van der Waals surface area (Å²) in [4.78, 5) is 14.8. The molecule has 0 fully saturated rings. The molecule has 0 aliphatic heterocycles. The number of hydrogen-bond acceptors (Lipinski definition) is 2. The fourth-order valence-electron chi connectivity index (χ4n) is 3.00. The first-order valence-corrected chi connectivity index (χ1v) is 7.98. The van der Waals surface area contributed by atoms with Crippen LogP contribution in [-0.4, -0.2) is 11.6 Å². The zero-order chi connectivity index (χ0) is 14.8. The van der Waals surface area contributed by atoms with Gasteiger partial charge >= 0.3 is 0 Å². The van der Waals surface area contributed by atoms with Gasteiger partial charge in [0.2, 0.25) is 6.08 Å². The Morgan fingerprint density at radius 3 is 2.05 bits per heavy atom. The average molecular weight is 267 g/mol. The third-order valence-electron chi connectivity index (χ3n) is 3.95. The normalized spacial score (nSPS) is 14.8. The van der Waals surface area contributed by atoms with Crippen LogP contribution in [0.1, 0.15) is 92.4 Å². The number of nitrogens with zero attached hydrogens (tertiary/aromatic N) is 1. The molecular formula is C17H33NO.